The molecular formula is C15H24N2O4. The zero-order valence-electron chi connectivity index (χ0n) is 12.8. The highest BCUT2D eigenvalue weighted by Gasteiger charge is 2.07. The summed E-state index contributed by atoms with van der Waals surface area (Å²) in [5.74, 6) is 0. The summed E-state index contributed by atoms with van der Waals surface area (Å²) in [6.45, 7) is 3.95. The number of nitrogens with one attached hydrogen (secondary N) is 2. The van der Waals surface area contributed by atoms with Crippen molar-refractivity contribution in [1.82, 2.24) is 5.32 Å². The number of hydrogen-bond acceptors (Lipinski definition) is 4. The van der Waals surface area contributed by atoms with E-state index in [9.17, 15) is 4.79 Å². The number of urea groups is 1. The Morgan fingerprint density at radius 2 is 2.05 bits per heavy atom. The van der Waals surface area contributed by atoms with Gasteiger partial charge in [-0.15, -0.1) is 0 Å². The van der Waals surface area contributed by atoms with Crippen LogP contribution in [0.5, 0.6) is 0 Å². The normalized spacial score (nSPS) is 12.0. The SMILES string of the molecule is COCCOCc1cccc(NC(=O)NC(C)COC)c1. The van der Waals surface area contributed by atoms with Gasteiger partial charge in [0.15, 0.2) is 0 Å². The van der Waals surface area contributed by atoms with E-state index in [0.29, 0.717) is 26.4 Å². The van der Waals surface area contributed by atoms with Gasteiger partial charge in [-0.3, -0.25) is 0 Å². The molecule has 2 N–H and O–H groups in total. The quantitative estimate of drug-likeness (QED) is 0.684. The zero-order chi connectivity index (χ0) is 15.5. The summed E-state index contributed by atoms with van der Waals surface area (Å²) in [7, 11) is 3.24. The molecule has 1 aromatic carbocycles. The number of benzene rings is 1. The first-order chi connectivity index (χ1) is 10.2. The van der Waals surface area contributed by atoms with Crippen molar-refractivity contribution >= 4 is 11.7 Å². The van der Waals surface area contributed by atoms with Gasteiger partial charge in [-0.05, 0) is 24.6 Å². The van der Waals surface area contributed by atoms with E-state index in [2.05, 4.69) is 10.6 Å². The van der Waals surface area contributed by atoms with Gasteiger partial charge in [0.1, 0.15) is 0 Å². The van der Waals surface area contributed by atoms with Gasteiger partial charge in [-0.2, -0.15) is 0 Å². The zero-order valence-corrected chi connectivity index (χ0v) is 12.8. The minimum Gasteiger partial charge on any atom is -0.383 e. The van der Waals surface area contributed by atoms with Gasteiger partial charge in [-0.25, -0.2) is 4.79 Å². The molecule has 1 unspecified atom stereocenters. The third-order valence-electron chi connectivity index (χ3n) is 2.68. The number of methoxy groups -OCH3 is 2. The van der Waals surface area contributed by atoms with Crippen molar-refractivity contribution in [3.63, 3.8) is 0 Å². The molecule has 1 aromatic rings. The van der Waals surface area contributed by atoms with E-state index in [1.807, 2.05) is 31.2 Å². The second-order valence-corrected chi connectivity index (χ2v) is 4.70. The van der Waals surface area contributed by atoms with Crippen molar-refractivity contribution in [3.8, 4) is 0 Å². The maximum absolute atomic E-state index is 11.8. The van der Waals surface area contributed by atoms with Crippen LogP contribution in [0, 0.1) is 0 Å². The minimum absolute atomic E-state index is 0.0458. The molecule has 0 fully saturated rings. The second kappa shape index (κ2) is 10.1. The maximum Gasteiger partial charge on any atom is 0.319 e. The molecule has 1 rings (SSSR count). The summed E-state index contributed by atoms with van der Waals surface area (Å²) in [6.07, 6.45) is 0. The van der Waals surface area contributed by atoms with Crippen LogP contribution in [0.15, 0.2) is 24.3 Å². The van der Waals surface area contributed by atoms with Crippen molar-refractivity contribution in [3.05, 3.63) is 29.8 Å². The molecule has 6 heteroatoms. The maximum atomic E-state index is 11.8. The van der Waals surface area contributed by atoms with E-state index in [4.69, 9.17) is 14.2 Å². The topological polar surface area (TPSA) is 68.8 Å². The van der Waals surface area contributed by atoms with Crippen molar-refractivity contribution in [2.45, 2.75) is 19.6 Å². The largest absolute Gasteiger partial charge is 0.383 e. The van der Waals surface area contributed by atoms with Crippen LogP contribution in [0.2, 0.25) is 0 Å². The lowest BCUT2D eigenvalue weighted by Gasteiger charge is -2.14. The first-order valence-electron chi connectivity index (χ1n) is 6.87. The van der Waals surface area contributed by atoms with Crippen molar-refractivity contribution in [2.75, 3.05) is 39.4 Å². The Balaban J connectivity index is 2.42. The third kappa shape index (κ3) is 7.65. The Morgan fingerprint density at radius 1 is 1.24 bits per heavy atom. The van der Waals surface area contributed by atoms with E-state index in [1.165, 1.54) is 0 Å². The second-order valence-electron chi connectivity index (χ2n) is 4.70. The van der Waals surface area contributed by atoms with Gasteiger partial charge in [0.25, 0.3) is 0 Å². The summed E-state index contributed by atoms with van der Waals surface area (Å²) in [4.78, 5) is 11.8. The van der Waals surface area contributed by atoms with Crippen molar-refractivity contribution < 1.29 is 19.0 Å². The summed E-state index contributed by atoms with van der Waals surface area (Å²) >= 11 is 0. The highest BCUT2D eigenvalue weighted by molar-refractivity contribution is 5.89. The summed E-state index contributed by atoms with van der Waals surface area (Å²) in [6, 6.07) is 7.24. The van der Waals surface area contributed by atoms with Gasteiger partial charge in [0.2, 0.25) is 0 Å². The van der Waals surface area contributed by atoms with Gasteiger partial charge in [0.05, 0.1) is 32.5 Å². The Kier molecular flexibility index (Phi) is 8.42. The third-order valence-corrected chi connectivity index (χ3v) is 2.68. The van der Waals surface area contributed by atoms with Gasteiger partial charge >= 0.3 is 6.03 Å². The number of rotatable bonds is 9. The minimum atomic E-state index is -0.253. The molecular weight excluding hydrogens is 272 g/mol. The number of hydrogen-bond donors (Lipinski definition) is 2. The molecule has 0 heterocycles. The van der Waals surface area contributed by atoms with Crippen molar-refractivity contribution in [2.24, 2.45) is 0 Å². The fourth-order valence-electron chi connectivity index (χ4n) is 1.75. The summed E-state index contributed by atoms with van der Waals surface area (Å²) in [5, 5.41) is 5.57. The molecule has 0 spiro atoms. The Morgan fingerprint density at radius 3 is 2.76 bits per heavy atom. The van der Waals surface area contributed by atoms with Crippen LogP contribution in [-0.2, 0) is 20.8 Å². The van der Waals surface area contributed by atoms with E-state index in [1.54, 1.807) is 14.2 Å². The average Bonchev–Trinajstić information content (AvgIpc) is 2.44. The smallest absolute Gasteiger partial charge is 0.319 e. The van der Waals surface area contributed by atoms with Crippen LogP contribution in [-0.4, -0.2) is 46.1 Å². The molecule has 1 atom stereocenters. The van der Waals surface area contributed by atoms with E-state index in [0.717, 1.165) is 11.3 Å². The van der Waals surface area contributed by atoms with Gasteiger partial charge in [0, 0.05) is 19.9 Å². The van der Waals surface area contributed by atoms with Gasteiger partial charge in [-0.1, -0.05) is 12.1 Å². The van der Waals surface area contributed by atoms with E-state index < -0.39 is 0 Å². The highest BCUT2D eigenvalue weighted by Crippen LogP contribution is 2.11. The summed E-state index contributed by atoms with van der Waals surface area (Å²) in [5.41, 5.74) is 1.72. The Bertz CT molecular complexity index is 426. The first-order valence-corrected chi connectivity index (χ1v) is 6.87. The van der Waals surface area contributed by atoms with Gasteiger partial charge < -0.3 is 24.8 Å². The predicted molar refractivity (Wildman–Crippen MR) is 81.5 cm³/mol. The fraction of sp³-hybridized carbons (Fsp3) is 0.533. The number of amides is 2. The first kappa shape index (κ1) is 17.4. The molecule has 0 saturated heterocycles. The number of carbonyl (C=O) groups excluding carboxylic acids is 1. The molecule has 6 nitrogen and oxygen atoms in total. The molecule has 118 valence electrons. The number of ether oxygens (including phenoxy) is 3. The molecule has 0 saturated carbocycles. The average molecular weight is 296 g/mol. The molecule has 21 heavy (non-hydrogen) atoms. The number of anilines is 1. The lowest BCUT2D eigenvalue weighted by atomic mass is 10.2. The molecule has 0 bridgehead atoms. The fourth-order valence-corrected chi connectivity index (χ4v) is 1.75. The lowest BCUT2D eigenvalue weighted by Crippen LogP contribution is -2.38. The molecule has 0 aliphatic carbocycles. The Hall–Kier alpha value is -1.63. The number of carbonyl (C=O) groups is 1. The molecule has 0 aromatic heterocycles. The standard InChI is InChI=1S/C15H24N2O4/c1-12(10-20-3)16-15(18)17-14-6-4-5-13(9-14)11-21-8-7-19-2/h4-6,9,12H,7-8,10-11H2,1-3H3,(H2,16,17,18). The van der Waals surface area contributed by atoms with Crippen LogP contribution in [0.4, 0.5) is 10.5 Å². The van der Waals surface area contributed by atoms with Crippen molar-refractivity contribution in [1.29, 1.82) is 0 Å². The molecule has 0 aliphatic heterocycles. The van der Waals surface area contributed by atoms with Crippen LogP contribution in [0.3, 0.4) is 0 Å². The van der Waals surface area contributed by atoms with Crippen LogP contribution < -0.4 is 10.6 Å². The van der Waals surface area contributed by atoms with E-state index >= 15 is 0 Å². The van der Waals surface area contributed by atoms with E-state index in [-0.39, 0.29) is 12.1 Å². The van der Waals surface area contributed by atoms with Crippen LogP contribution >= 0.6 is 0 Å². The lowest BCUT2D eigenvalue weighted by molar-refractivity contribution is 0.0617. The molecule has 0 aliphatic rings. The highest BCUT2D eigenvalue weighted by atomic mass is 16.5. The molecule has 0 radical (unpaired) electrons. The monoisotopic (exact) mass is 296 g/mol. The predicted octanol–water partition coefficient (Wildman–Crippen LogP) is 2.01. The summed E-state index contributed by atoms with van der Waals surface area (Å²) < 4.78 is 15.3. The van der Waals surface area contributed by atoms with Crippen LogP contribution in [0.25, 0.3) is 0 Å². The molecule has 2 amide bonds. The van der Waals surface area contributed by atoms with Crippen LogP contribution in [0.1, 0.15) is 12.5 Å². The Labute approximate surface area is 125 Å².